The molecule has 3 rings (SSSR count). The Morgan fingerprint density at radius 2 is 2.00 bits per heavy atom. The summed E-state index contributed by atoms with van der Waals surface area (Å²) in [6, 6.07) is 9.87. The molecule has 2 heterocycles. The molecule has 0 radical (unpaired) electrons. The van der Waals surface area contributed by atoms with Crippen molar-refractivity contribution in [2.24, 2.45) is 0 Å². The SMILES string of the molecule is COc1ccccc1/C=C/C(=O)N1CCN(Cc2ccsc2)CC1. The minimum absolute atomic E-state index is 0.0658. The molecular formula is C19H22N2O2S. The first kappa shape index (κ1) is 16.7. The third-order valence-electron chi connectivity index (χ3n) is 4.21. The van der Waals surface area contributed by atoms with Crippen LogP contribution in [0.25, 0.3) is 6.08 Å². The van der Waals surface area contributed by atoms with Crippen LogP contribution >= 0.6 is 11.3 Å². The lowest BCUT2D eigenvalue weighted by Gasteiger charge is -2.34. The van der Waals surface area contributed by atoms with Gasteiger partial charge in [-0.05, 0) is 34.5 Å². The molecule has 5 heteroatoms. The van der Waals surface area contributed by atoms with Crippen LogP contribution in [0.5, 0.6) is 5.75 Å². The summed E-state index contributed by atoms with van der Waals surface area (Å²) in [4.78, 5) is 16.7. The smallest absolute Gasteiger partial charge is 0.246 e. The molecule has 0 spiro atoms. The molecule has 1 aliphatic heterocycles. The van der Waals surface area contributed by atoms with Gasteiger partial charge in [0.05, 0.1) is 7.11 Å². The van der Waals surface area contributed by atoms with Gasteiger partial charge >= 0.3 is 0 Å². The molecular weight excluding hydrogens is 320 g/mol. The largest absolute Gasteiger partial charge is 0.496 e. The number of hydrogen-bond donors (Lipinski definition) is 0. The average molecular weight is 342 g/mol. The lowest BCUT2D eigenvalue weighted by atomic mass is 10.2. The van der Waals surface area contributed by atoms with Crippen molar-refractivity contribution in [3.05, 3.63) is 58.3 Å². The maximum absolute atomic E-state index is 12.4. The predicted octanol–water partition coefficient (Wildman–Crippen LogP) is 3.11. The van der Waals surface area contributed by atoms with E-state index in [-0.39, 0.29) is 5.91 Å². The molecule has 0 saturated carbocycles. The molecule has 0 unspecified atom stereocenters. The second kappa shape index (κ2) is 8.13. The van der Waals surface area contributed by atoms with E-state index in [9.17, 15) is 4.79 Å². The summed E-state index contributed by atoms with van der Waals surface area (Å²) in [6.07, 6.45) is 3.48. The van der Waals surface area contributed by atoms with Gasteiger partial charge in [0.25, 0.3) is 0 Å². The van der Waals surface area contributed by atoms with Crippen molar-refractivity contribution >= 4 is 23.3 Å². The number of benzene rings is 1. The number of rotatable bonds is 5. The van der Waals surface area contributed by atoms with Gasteiger partial charge in [0.1, 0.15) is 5.75 Å². The minimum Gasteiger partial charge on any atom is -0.496 e. The zero-order chi connectivity index (χ0) is 16.8. The molecule has 0 N–H and O–H groups in total. The summed E-state index contributed by atoms with van der Waals surface area (Å²) < 4.78 is 5.31. The molecule has 1 saturated heterocycles. The highest BCUT2D eigenvalue weighted by Gasteiger charge is 2.19. The molecule has 24 heavy (non-hydrogen) atoms. The Morgan fingerprint density at radius 1 is 1.21 bits per heavy atom. The van der Waals surface area contributed by atoms with Crippen LogP contribution < -0.4 is 4.74 Å². The van der Waals surface area contributed by atoms with Crippen molar-refractivity contribution in [2.75, 3.05) is 33.3 Å². The maximum Gasteiger partial charge on any atom is 0.246 e. The van der Waals surface area contributed by atoms with Crippen LogP contribution in [0.2, 0.25) is 0 Å². The molecule has 0 bridgehead atoms. The predicted molar refractivity (Wildman–Crippen MR) is 98.2 cm³/mol. The van der Waals surface area contributed by atoms with E-state index in [0.717, 1.165) is 44.0 Å². The number of amides is 1. The van der Waals surface area contributed by atoms with Crippen LogP contribution in [0.4, 0.5) is 0 Å². The first-order valence-electron chi connectivity index (χ1n) is 8.09. The third kappa shape index (κ3) is 4.24. The van der Waals surface area contributed by atoms with Crippen LogP contribution in [0, 0.1) is 0 Å². The zero-order valence-corrected chi connectivity index (χ0v) is 14.7. The highest BCUT2D eigenvalue weighted by atomic mass is 32.1. The summed E-state index contributed by atoms with van der Waals surface area (Å²) in [7, 11) is 1.64. The van der Waals surface area contributed by atoms with Gasteiger partial charge in [-0.1, -0.05) is 18.2 Å². The molecule has 126 valence electrons. The van der Waals surface area contributed by atoms with Gasteiger partial charge in [-0.2, -0.15) is 11.3 Å². The topological polar surface area (TPSA) is 32.8 Å². The van der Waals surface area contributed by atoms with Crippen molar-refractivity contribution in [3.8, 4) is 5.75 Å². The van der Waals surface area contributed by atoms with E-state index in [4.69, 9.17) is 4.74 Å². The van der Waals surface area contributed by atoms with Gasteiger partial charge in [0.2, 0.25) is 5.91 Å². The van der Waals surface area contributed by atoms with E-state index in [0.29, 0.717) is 0 Å². The van der Waals surface area contributed by atoms with Crippen LogP contribution in [0.1, 0.15) is 11.1 Å². The molecule has 1 fully saturated rings. The lowest BCUT2D eigenvalue weighted by molar-refractivity contribution is -0.127. The van der Waals surface area contributed by atoms with E-state index in [2.05, 4.69) is 21.7 Å². The molecule has 1 amide bonds. The second-order valence-corrected chi connectivity index (χ2v) is 6.59. The van der Waals surface area contributed by atoms with Gasteiger partial charge in [-0.25, -0.2) is 0 Å². The van der Waals surface area contributed by atoms with Gasteiger partial charge < -0.3 is 9.64 Å². The summed E-state index contributed by atoms with van der Waals surface area (Å²) in [5.74, 6) is 0.846. The Labute approximate surface area is 147 Å². The number of hydrogen-bond acceptors (Lipinski definition) is 4. The number of ether oxygens (including phenoxy) is 1. The Hall–Kier alpha value is -2.11. The van der Waals surface area contributed by atoms with Crippen LogP contribution in [-0.4, -0.2) is 49.0 Å². The van der Waals surface area contributed by atoms with Gasteiger partial charge in [0.15, 0.2) is 0 Å². The minimum atomic E-state index is 0.0658. The molecule has 4 nitrogen and oxygen atoms in total. The molecule has 1 aromatic carbocycles. The fourth-order valence-electron chi connectivity index (χ4n) is 2.84. The van der Waals surface area contributed by atoms with E-state index < -0.39 is 0 Å². The molecule has 0 aliphatic carbocycles. The van der Waals surface area contributed by atoms with Crippen LogP contribution in [0.3, 0.4) is 0 Å². The van der Waals surface area contributed by atoms with Crippen molar-refractivity contribution in [3.63, 3.8) is 0 Å². The summed E-state index contributed by atoms with van der Waals surface area (Å²) >= 11 is 1.73. The first-order valence-corrected chi connectivity index (χ1v) is 9.04. The summed E-state index contributed by atoms with van der Waals surface area (Å²) in [6.45, 7) is 4.37. The number of para-hydroxylation sites is 1. The maximum atomic E-state index is 12.4. The van der Waals surface area contributed by atoms with E-state index in [1.54, 1.807) is 24.5 Å². The van der Waals surface area contributed by atoms with Gasteiger partial charge in [0, 0.05) is 44.4 Å². The first-order chi connectivity index (χ1) is 11.8. The summed E-state index contributed by atoms with van der Waals surface area (Å²) in [5.41, 5.74) is 2.28. The lowest BCUT2D eigenvalue weighted by Crippen LogP contribution is -2.47. The van der Waals surface area contributed by atoms with E-state index in [1.807, 2.05) is 35.2 Å². The Balaban J connectivity index is 1.52. The van der Waals surface area contributed by atoms with Crippen LogP contribution in [0.15, 0.2) is 47.2 Å². The number of piperazine rings is 1. The molecule has 0 atom stereocenters. The Bertz CT molecular complexity index is 689. The summed E-state index contributed by atoms with van der Waals surface area (Å²) in [5, 5.41) is 4.30. The molecule has 2 aromatic rings. The normalized spacial score (nSPS) is 15.8. The fourth-order valence-corrected chi connectivity index (χ4v) is 3.50. The van der Waals surface area contributed by atoms with E-state index in [1.165, 1.54) is 5.56 Å². The monoisotopic (exact) mass is 342 g/mol. The van der Waals surface area contributed by atoms with Crippen LogP contribution in [-0.2, 0) is 11.3 Å². The number of carbonyl (C=O) groups is 1. The highest BCUT2D eigenvalue weighted by Crippen LogP contribution is 2.19. The highest BCUT2D eigenvalue weighted by molar-refractivity contribution is 7.07. The van der Waals surface area contributed by atoms with Gasteiger partial charge in [-0.15, -0.1) is 0 Å². The Morgan fingerprint density at radius 3 is 2.71 bits per heavy atom. The number of nitrogens with zero attached hydrogens (tertiary/aromatic N) is 2. The standard InChI is InChI=1S/C19H22N2O2S/c1-23-18-5-3-2-4-17(18)6-7-19(22)21-11-9-20(10-12-21)14-16-8-13-24-15-16/h2-8,13,15H,9-12,14H2,1H3/b7-6+. The van der Waals surface area contributed by atoms with Crippen molar-refractivity contribution in [2.45, 2.75) is 6.54 Å². The van der Waals surface area contributed by atoms with Crippen molar-refractivity contribution < 1.29 is 9.53 Å². The zero-order valence-electron chi connectivity index (χ0n) is 13.9. The second-order valence-electron chi connectivity index (χ2n) is 5.81. The van der Waals surface area contributed by atoms with Gasteiger partial charge in [-0.3, -0.25) is 9.69 Å². The van der Waals surface area contributed by atoms with E-state index >= 15 is 0 Å². The molecule has 1 aromatic heterocycles. The van der Waals surface area contributed by atoms with Crippen molar-refractivity contribution in [1.82, 2.24) is 9.80 Å². The fraction of sp³-hybridized carbons (Fsp3) is 0.316. The number of thiophene rings is 1. The quantitative estimate of drug-likeness (QED) is 0.783. The van der Waals surface area contributed by atoms with Crippen molar-refractivity contribution in [1.29, 1.82) is 0 Å². The Kier molecular flexibility index (Phi) is 5.67. The third-order valence-corrected chi connectivity index (χ3v) is 4.95. The molecule has 1 aliphatic rings. The average Bonchev–Trinajstić information content (AvgIpc) is 3.13. The number of carbonyl (C=O) groups excluding carboxylic acids is 1. The number of methoxy groups -OCH3 is 1.